The summed E-state index contributed by atoms with van der Waals surface area (Å²) in [6, 6.07) is 0.0808. The summed E-state index contributed by atoms with van der Waals surface area (Å²) in [5, 5.41) is 0. The van der Waals surface area contributed by atoms with E-state index in [1.54, 1.807) is 4.90 Å². The van der Waals surface area contributed by atoms with E-state index >= 15 is 0 Å². The topological polar surface area (TPSA) is 54.5 Å². The second-order valence-corrected chi connectivity index (χ2v) is 5.58. The van der Waals surface area contributed by atoms with Gasteiger partial charge in [-0.15, -0.1) is 0 Å². The summed E-state index contributed by atoms with van der Waals surface area (Å²) in [4.78, 5) is 11.9. The molecule has 1 heterocycles. The van der Waals surface area contributed by atoms with Crippen LogP contribution in [0, 0.1) is 5.92 Å². The van der Waals surface area contributed by atoms with Crippen molar-refractivity contribution in [2.24, 2.45) is 5.92 Å². The van der Waals surface area contributed by atoms with Crippen molar-refractivity contribution < 1.29 is 13.2 Å². The molecule has 0 aromatic rings. The predicted molar refractivity (Wildman–Crippen MR) is 45.4 cm³/mol. The summed E-state index contributed by atoms with van der Waals surface area (Å²) in [6.45, 7) is 2.45. The molecule has 0 saturated carbocycles. The quantitative estimate of drug-likeness (QED) is 0.565. The monoisotopic (exact) mass is 191 g/mol. The number of carbonyl (C=O) groups is 1. The summed E-state index contributed by atoms with van der Waals surface area (Å²) >= 11 is 0. The SMILES string of the molecule is C[C@H]1[C@@H](CS(C)(=O)=O)CN1C=O. The van der Waals surface area contributed by atoms with Gasteiger partial charge in [-0.2, -0.15) is 0 Å². The van der Waals surface area contributed by atoms with Gasteiger partial charge in [0, 0.05) is 24.8 Å². The van der Waals surface area contributed by atoms with Gasteiger partial charge in [0.1, 0.15) is 9.84 Å². The van der Waals surface area contributed by atoms with E-state index in [4.69, 9.17) is 0 Å². The van der Waals surface area contributed by atoms with Crippen molar-refractivity contribution in [3.8, 4) is 0 Å². The molecule has 0 bridgehead atoms. The van der Waals surface area contributed by atoms with Gasteiger partial charge in [0.05, 0.1) is 5.75 Å². The fourth-order valence-electron chi connectivity index (χ4n) is 1.44. The van der Waals surface area contributed by atoms with Crippen LogP contribution < -0.4 is 0 Å². The van der Waals surface area contributed by atoms with E-state index in [0.29, 0.717) is 6.54 Å². The Bertz CT molecular complexity index is 272. The Labute approximate surface area is 72.5 Å². The second kappa shape index (κ2) is 3.05. The minimum absolute atomic E-state index is 0.0808. The van der Waals surface area contributed by atoms with Gasteiger partial charge >= 0.3 is 0 Å². The van der Waals surface area contributed by atoms with E-state index in [1.807, 2.05) is 6.92 Å². The molecule has 0 unspecified atom stereocenters. The highest BCUT2D eigenvalue weighted by Gasteiger charge is 2.36. The first-order chi connectivity index (χ1) is 5.44. The molecule has 1 aliphatic heterocycles. The summed E-state index contributed by atoms with van der Waals surface area (Å²) in [5.74, 6) is 0.323. The molecule has 1 aliphatic rings. The molecule has 0 aromatic carbocycles. The first-order valence-corrected chi connectivity index (χ1v) is 5.89. The number of nitrogens with zero attached hydrogens (tertiary/aromatic N) is 1. The lowest BCUT2D eigenvalue weighted by Crippen LogP contribution is -2.55. The maximum Gasteiger partial charge on any atom is 0.209 e. The molecule has 5 heteroatoms. The summed E-state index contributed by atoms with van der Waals surface area (Å²) in [7, 11) is -2.89. The molecule has 1 saturated heterocycles. The highest BCUT2D eigenvalue weighted by Crippen LogP contribution is 2.23. The second-order valence-electron chi connectivity index (χ2n) is 3.40. The van der Waals surface area contributed by atoms with E-state index in [9.17, 15) is 13.2 Å². The van der Waals surface area contributed by atoms with Gasteiger partial charge in [-0.1, -0.05) is 0 Å². The Morgan fingerprint density at radius 2 is 2.17 bits per heavy atom. The number of carbonyl (C=O) groups excluding carboxylic acids is 1. The van der Waals surface area contributed by atoms with Crippen LogP contribution in [-0.4, -0.2) is 44.3 Å². The molecule has 0 N–H and O–H groups in total. The van der Waals surface area contributed by atoms with Gasteiger partial charge in [0.25, 0.3) is 0 Å². The lowest BCUT2D eigenvalue weighted by atomic mass is 9.93. The first-order valence-electron chi connectivity index (χ1n) is 3.83. The average molecular weight is 191 g/mol. The molecular formula is C7H13NO3S. The van der Waals surface area contributed by atoms with Crippen LogP contribution in [0.3, 0.4) is 0 Å². The number of hydrogen-bond donors (Lipinski definition) is 0. The zero-order chi connectivity index (χ0) is 9.35. The Kier molecular flexibility index (Phi) is 2.41. The minimum atomic E-state index is -2.89. The van der Waals surface area contributed by atoms with Gasteiger partial charge in [0.2, 0.25) is 6.41 Å². The minimum Gasteiger partial charge on any atom is -0.342 e. The van der Waals surface area contributed by atoms with Crippen molar-refractivity contribution in [2.75, 3.05) is 18.6 Å². The van der Waals surface area contributed by atoms with Crippen molar-refractivity contribution in [3.63, 3.8) is 0 Å². The van der Waals surface area contributed by atoms with E-state index in [2.05, 4.69) is 0 Å². The summed E-state index contributed by atoms with van der Waals surface area (Å²) < 4.78 is 21.7. The summed E-state index contributed by atoms with van der Waals surface area (Å²) in [6.07, 6.45) is 1.99. The maximum absolute atomic E-state index is 10.9. The zero-order valence-corrected chi connectivity index (χ0v) is 8.04. The van der Waals surface area contributed by atoms with Gasteiger partial charge in [-0.3, -0.25) is 4.79 Å². The molecule has 4 nitrogen and oxygen atoms in total. The van der Waals surface area contributed by atoms with Crippen molar-refractivity contribution in [2.45, 2.75) is 13.0 Å². The molecule has 1 rings (SSSR count). The summed E-state index contributed by atoms with van der Waals surface area (Å²) in [5.41, 5.74) is 0. The van der Waals surface area contributed by atoms with Crippen LogP contribution in [0.5, 0.6) is 0 Å². The number of hydrogen-bond acceptors (Lipinski definition) is 3. The van der Waals surface area contributed by atoms with Crippen LogP contribution in [0.4, 0.5) is 0 Å². The maximum atomic E-state index is 10.9. The van der Waals surface area contributed by atoms with Crippen LogP contribution in [-0.2, 0) is 14.6 Å². The lowest BCUT2D eigenvalue weighted by Gasteiger charge is -2.43. The third-order valence-corrected chi connectivity index (χ3v) is 3.34. The van der Waals surface area contributed by atoms with Crippen LogP contribution in [0.25, 0.3) is 0 Å². The van der Waals surface area contributed by atoms with Crippen LogP contribution in [0.1, 0.15) is 6.92 Å². The smallest absolute Gasteiger partial charge is 0.209 e. The first kappa shape index (κ1) is 9.51. The molecule has 0 aromatic heterocycles. The van der Waals surface area contributed by atoms with E-state index in [-0.39, 0.29) is 17.7 Å². The normalized spacial score (nSPS) is 29.7. The molecule has 12 heavy (non-hydrogen) atoms. The van der Waals surface area contributed by atoms with E-state index in [1.165, 1.54) is 6.26 Å². The number of amides is 1. The molecular weight excluding hydrogens is 178 g/mol. The Balaban J connectivity index is 2.46. The average Bonchev–Trinajstić information content (AvgIpc) is 1.94. The van der Waals surface area contributed by atoms with Gasteiger partial charge in [-0.25, -0.2) is 8.42 Å². The van der Waals surface area contributed by atoms with Crippen molar-refractivity contribution in [1.29, 1.82) is 0 Å². The molecule has 2 atom stereocenters. The molecule has 1 fully saturated rings. The number of rotatable bonds is 3. The fraction of sp³-hybridized carbons (Fsp3) is 0.857. The van der Waals surface area contributed by atoms with Crippen LogP contribution >= 0.6 is 0 Å². The molecule has 70 valence electrons. The molecule has 0 spiro atoms. The van der Waals surface area contributed by atoms with Crippen LogP contribution in [0.15, 0.2) is 0 Å². The van der Waals surface area contributed by atoms with Crippen molar-refractivity contribution in [1.82, 2.24) is 4.90 Å². The third kappa shape index (κ3) is 1.97. The van der Waals surface area contributed by atoms with Crippen molar-refractivity contribution >= 4 is 16.2 Å². The third-order valence-electron chi connectivity index (χ3n) is 2.30. The molecule has 0 aliphatic carbocycles. The Morgan fingerprint density at radius 3 is 2.50 bits per heavy atom. The Hall–Kier alpha value is -0.580. The van der Waals surface area contributed by atoms with Crippen LogP contribution in [0.2, 0.25) is 0 Å². The van der Waals surface area contributed by atoms with Gasteiger partial charge < -0.3 is 4.90 Å². The van der Waals surface area contributed by atoms with Gasteiger partial charge in [-0.05, 0) is 6.92 Å². The lowest BCUT2D eigenvalue weighted by molar-refractivity contribution is -0.127. The Morgan fingerprint density at radius 1 is 1.58 bits per heavy atom. The number of sulfone groups is 1. The van der Waals surface area contributed by atoms with E-state index < -0.39 is 9.84 Å². The standard InChI is InChI=1S/C7H13NO3S/c1-6-7(3-8(6)5-9)4-12(2,10)11/h5-7H,3-4H2,1-2H3/t6-,7+/m0/s1. The largest absolute Gasteiger partial charge is 0.342 e. The van der Waals surface area contributed by atoms with E-state index in [0.717, 1.165) is 6.41 Å². The zero-order valence-electron chi connectivity index (χ0n) is 7.23. The highest BCUT2D eigenvalue weighted by molar-refractivity contribution is 7.90. The van der Waals surface area contributed by atoms with Crippen molar-refractivity contribution in [3.05, 3.63) is 0 Å². The predicted octanol–water partition coefficient (Wildman–Crippen LogP) is -0.492. The number of likely N-dealkylation sites (tertiary alicyclic amines) is 1. The fourth-order valence-corrected chi connectivity index (χ4v) is 2.60. The molecule has 0 radical (unpaired) electrons. The van der Waals surface area contributed by atoms with Gasteiger partial charge in [0.15, 0.2) is 0 Å². The highest BCUT2D eigenvalue weighted by atomic mass is 32.2. The molecule has 1 amide bonds.